The van der Waals surface area contributed by atoms with Crippen molar-refractivity contribution in [2.45, 2.75) is 37.0 Å². The summed E-state index contributed by atoms with van der Waals surface area (Å²) in [6, 6.07) is 8.10. The molecule has 2 saturated carbocycles. The normalized spacial score (nSPS) is 22.4. The van der Waals surface area contributed by atoms with Gasteiger partial charge in [0, 0.05) is 0 Å². The van der Waals surface area contributed by atoms with Gasteiger partial charge in [0.1, 0.15) is 0 Å². The number of hydrogen-bond acceptors (Lipinski definition) is 1. The lowest BCUT2D eigenvalue weighted by Crippen LogP contribution is -2.21. The van der Waals surface area contributed by atoms with Crippen molar-refractivity contribution in [1.29, 1.82) is 0 Å². The Bertz CT molecular complexity index is 414. The van der Waals surface area contributed by atoms with Gasteiger partial charge in [0.15, 0.2) is 0 Å². The van der Waals surface area contributed by atoms with Gasteiger partial charge < -0.3 is 5.11 Å². The molecule has 2 heteroatoms. The summed E-state index contributed by atoms with van der Waals surface area (Å²) in [7, 11) is 0. The maximum atomic E-state index is 11.3. The molecule has 0 atom stereocenters. The first kappa shape index (κ1) is 8.96. The first-order valence-electron chi connectivity index (χ1n) is 5.57. The van der Waals surface area contributed by atoms with Crippen LogP contribution < -0.4 is 0 Å². The number of carboxylic acids is 1. The van der Waals surface area contributed by atoms with Crippen LogP contribution in [0.25, 0.3) is 0 Å². The molecular formula is C13H14O2. The van der Waals surface area contributed by atoms with Gasteiger partial charge in [-0.1, -0.05) is 24.3 Å². The highest BCUT2D eigenvalue weighted by atomic mass is 16.4. The zero-order valence-electron chi connectivity index (χ0n) is 8.57. The predicted octanol–water partition coefficient (Wildman–Crippen LogP) is 2.68. The van der Waals surface area contributed by atoms with Crippen LogP contribution >= 0.6 is 0 Å². The maximum Gasteiger partial charge on any atom is 0.314 e. The van der Waals surface area contributed by atoms with E-state index < -0.39 is 11.4 Å². The van der Waals surface area contributed by atoms with Crippen molar-refractivity contribution < 1.29 is 9.90 Å². The van der Waals surface area contributed by atoms with Crippen LogP contribution in [0.15, 0.2) is 24.3 Å². The van der Waals surface area contributed by atoms with Crippen LogP contribution in [0.3, 0.4) is 0 Å². The molecule has 0 radical (unpaired) electrons. The van der Waals surface area contributed by atoms with E-state index in [4.69, 9.17) is 0 Å². The van der Waals surface area contributed by atoms with Gasteiger partial charge in [-0.3, -0.25) is 4.79 Å². The molecule has 3 rings (SSSR count). The predicted molar refractivity (Wildman–Crippen MR) is 57.0 cm³/mol. The van der Waals surface area contributed by atoms with Gasteiger partial charge in [-0.15, -0.1) is 0 Å². The van der Waals surface area contributed by atoms with Crippen LogP contribution in [-0.2, 0) is 10.2 Å². The van der Waals surface area contributed by atoms with Crippen molar-refractivity contribution in [2.24, 2.45) is 0 Å². The van der Waals surface area contributed by atoms with Gasteiger partial charge in [0.25, 0.3) is 0 Å². The van der Waals surface area contributed by atoms with Crippen molar-refractivity contribution >= 4 is 5.97 Å². The fourth-order valence-corrected chi connectivity index (χ4v) is 2.41. The molecule has 2 fully saturated rings. The molecule has 0 heterocycles. The average Bonchev–Trinajstić information content (AvgIpc) is 3.11. The number of carbonyl (C=O) groups is 1. The van der Waals surface area contributed by atoms with Crippen LogP contribution in [0.2, 0.25) is 0 Å². The Morgan fingerprint density at radius 2 is 1.93 bits per heavy atom. The monoisotopic (exact) mass is 202 g/mol. The minimum absolute atomic E-state index is 0.529. The Hall–Kier alpha value is -1.31. The highest BCUT2D eigenvalue weighted by molar-refractivity contribution is 5.85. The van der Waals surface area contributed by atoms with E-state index in [1.54, 1.807) is 0 Å². The smallest absolute Gasteiger partial charge is 0.314 e. The van der Waals surface area contributed by atoms with Crippen LogP contribution in [0.4, 0.5) is 0 Å². The van der Waals surface area contributed by atoms with Gasteiger partial charge in [-0.2, -0.15) is 0 Å². The summed E-state index contributed by atoms with van der Waals surface area (Å²) < 4.78 is 0. The molecular weight excluding hydrogens is 188 g/mol. The average molecular weight is 202 g/mol. The first-order valence-corrected chi connectivity index (χ1v) is 5.57. The van der Waals surface area contributed by atoms with Crippen molar-refractivity contribution in [3.63, 3.8) is 0 Å². The summed E-state index contributed by atoms with van der Waals surface area (Å²) in [4.78, 5) is 11.3. The second-order valence-corrected chi connectivity index (χ2v) is 4.75. The van der Waals surface area contributed by atoms with Crippen molar-refractivity contribution in [3.05, 3.63) is 35.4 Å². The molecule has 1 aromatic carbocycles. The Kier molecular flexibility index (Phi) is 1.70. The van der Waals surface area contributed by atoms with E-state index in [9.17, 15) is 9.90 Å². The summed E-state index contributed by atoms with van der Waals surface area (Å²) in [5, 5.41) is 9.28. The van der Waals surface area contributed by atoms with E-state index in [1.165, 1.54) is 18.4 Å². The van der Waals surface area contributed by atoms with Gasteiger partial charge in [0.2, 0.25) is 0 Å². The van der Waals surface area contributed by atoms with Crippen LogP contribution in [0.1, 0.15) is 42.7 Å². The number of aliphatic carboxylic acids is 1. The Morgan fingerprint density at radius 1 is 1.27 bits per heavy atom. The van der Waals surface area contributed by atoms with Crippen LogP contribution in [-0.4, -0.2) is 11.1 Å². The summed E-state index contributed by atoms with van der Waals surface area (Å²) in [5.41, 5.74) is 1.84. The number of rotatable bonds is 3. The van der Waals surface area contributed by atoms with Crippen LogP contribution in [0.5, 0.6) is 0 Å². The molecule has 1 N–H and O–H groups in total. The molecule has 0 unspecified atom stereocenters. The molecule has 2 aliphatic rings. The molecule has 1 aromatic rings. The first-order chi connectivity index (χ1) is 7.24. The third-order valence-corrected chi connectivity index (χ3v) is 3.65. The lowest BCUT2D eigenvalue weighted by molar-refractivity contribution is -0.140. The zero-order chi connectivity index (χ0) is 10.5. The summed E-state index contributed by atoms with van der Waals surface area (Å²) in [6.07, 6.45) is 4.08. The summed E-state index contributed by atoms with van der Waals surface area (Å²) in [6.45, 7) is 0. The molecule has 2 aliphatic carbocycles. The van der Waals surface area contributed by atoms with Crippen LogP contribution in [0, 0.1) is 0 Å². The minimum atomic E-state index is -0.643. The maximum absolute atomic E-state index is 11.3. The standard InChI is InChI=1S/C13H14O2/c14-12(15)13(7-8-13)11-4-2-1-3-10(11)9-5-6-9/h1-4,9H,5-8H2,(H,14,15). The molecule has 0 amide bonds. The van der Waals surface area contributed by atoms with E-state index in [2.05, 4.69) is 6.07 Å². The third kappa shape index (κ3) is 1.28. The summed E-state index contributed by atoms with van der Waals surface area (Å²) in [5.74, 6) is -0.00590. The van der Waals surface area contributed by atoms with Crippen molar-refractivity contribution in [1.82, 2.24) is 0 Å². The second-order valence-electron chi connectivity index (χ2n) is 4.75. The van der Waals surface area contributed by atoms with Gasteiger partial charge in [0.05, 0.1) is 5.41 Å². The topological polar surface area (TPSA) is 37.3 Å². The van der Waals surface area contributed by atoms with Gasteiger partial charge >= 0.3 is 5.97 Å². The minimum Gasteiger partial charge on any atom is -0.481 e. The molecule has 15 heavy (non-hydrogen) atoms. The SMILES string of the molecule is O=C(O)C1(c2ccccc2C2CC2)CC1. The number of benzene rings is 1. The molecule has 0 saturated heterocycles. The lowest BCUT2D eigenvalue weighted by atomic mass is 9.89. The largest absolute Gasteiger partial charge is 0.481 e. The molecule has 78 valence electrons. The highest BCUT2D eigenvalue weighted by Gasteiger charge is 2.53. The van der Waals surface area contributed by atoms with Gasteiger partial charge in [-0.25, -0.2) is 0 Å². The van der Waals surface area contributed by atoms with E-state index in [0.717, 1.165) is 18.4 Å². The van der Waals surface area contributed by atoms with E-state index >= 15 is 0 Å². The molecule has 0 aromatic heterocycles. The molecule has 0 spiro atoms. The second kappa shape index (κ2) is 2.84. The number of carboxylic acid groups (broad SMARTS) is 1. The Balaban J connectivity index is 2.07. The summed E-state index contributed by atoms with van der Waals surface area (Å²) >= 11 is 0. The fraction of sp³-hybridized carbons (Fsp3) is 0.462. The van der Waals surface area contributed by atoms with E-state index in [1.807, 2.05) is 18.2 Å². The lowest BCUT2D eigenvalue weighted by Gasteiger charge is -2.14. The van der Waals surface area contributed by atoms with Crippen molar-refractivity contribution in [2.75, 3.05) is 0 Å². The molecule has 0 bridgehead atoms. The molecule has 2 nitrogen and oxygen atoms in total. The molecule has 0 aliphatic heterocycles. The van der Waals surface area contributed by atoms with Crippen molar-refractivity contribution in [3.8, 4) is 0 Å². The Morgan fingerprint density at radius 3 is 2.47 bits per heavy atom. The van der Waals surface area contributed by atoms with Gasteiger partial charge in [-0.05, 0) is 42.7 Å². The van der Waals surface area contributed by atoms with E-state index in [-0.39, 0.29) is 0 Å². The fourth-order valence-electron chi connectivity index (χ4n) is 2.41. The third-order valence-electron chi connectivity index (χ3n) is 3.65. The quantitative estimate of drug-likeness (QED) is 0.818. The zero-order valence-corrected chi connectivity index (χ0v) is 8.57. The highest BCUT2D eigenvalue weighted by Crippen LogP contribution is 2.53. The number of hydrogen-bond donors (Lipinski definition) is 1. The Labute approximate surface area is 88.9 Å². The van der Waals surface area contributed by atoms with E-state index in [0.29, 0.717) is 5.92 Å².